The molecule has 0 N–H and O–H groups in total. The Labute approximate surface area is 219 Å². The van der Waals surface area contributed by atoms with Crippen LogP contribution in [0.4, 0.5) is 5.69 Å². The van der Waals surface area contributed by atoms with Crippen molar-refractivity contribution < 1.29 is 28.6 Å². The Balaban J connectivity index is 1.43. The lowest BCUT2D eigenvalue weighted by atomic mass is 9.64. The van der Waals surface area contributed by atoms with Gasteiger partial charge in [-0.15, -0.1) is 0 Å². The molecular formula is C31H25NO6. The highest BCUT2D eigenvalue weighted by Crippen LogP contribution is 2.55. The zero-order valence-corrected chi connectivity index (χ0v) is 21.2. The van der Waals surface area contributed by atoms with Gasteiger partial charge in [0.15, 0.2) is 11.5 Å². The third-order valence-corrected chi connectivity index (χ3v) is 8.13. The predicted molar refractivity (Wildman–Crippen MR) is 139 cm³/mol. The second-order valence-corrected chi connectivity index (χ2v) is 10.5. The fourth-order valence-electron chi connectivity index (χ4n) is 6.41. The molecule has 7 rings (SSSR count). The first kappa shape index (κ1) is 22.8. The number of fused-ring (bicyclic) bond motifs is 6. The Bertz CT molecular complexity index is 1600. The lowest BCUT2D eigenvalue weighted by molar-refractivity contribution is -0.142. The highest BCUT2D eigenvalue weighted by atomic mass is 16.7. The monoisotopic (exact) mass is 507 g/mol. The van der Waals surface area contributed by atoms with Gasteiger partial charge in [-0.25, -0.2) is 4.90 Å². The molecule has 0 radical (unpaired) electrons. The van der Waals surface area contributed by atoms with Crippen LogP contribution in [0.15, 0.2) is 60.7 Å². The van der Waals surface area contributed by atoms with E-state index in [1.807, 2.05) is 75.4 Å². The van der Waals surface area contributed by atoms with Gasteiger partial charge in [0, 0.05) is 11.5 Å². The number of hydrogen-bond donors (Lipinski definition) is 0. The molecule has 0 saturated carbocycles. The fraction of sp³-hybridized carbons (Fsp3) is 0.258. The van der Waals surface area contributed by atoms with Gasteiger partial charge in [-0.05, 0) is 67.3 Å². The third kappa shape index (κ3) is 3.17. The van der Waals surface area contributed by atoms with E-state index in [1.165, 1.54) is 4.90 Å². The Hall–Kier alpha value is -4.39. The molecule has 0 unspecified atom stereocenters. The number of amides is 2. The summed E-state index contributed by atoms with van der Waals surface area (Å²) in [4.78, 5) is 43.0. The minimum Gasteiger partial charge on any atom is -0.454 e. The van der Waals surface area contributed by atoms with Crippen molar-refractivity contribution in [2.75, 3.05) is 11.7 Å². The molecule has 1 fully saturated rings. The smallest absolute Gasteiger partial charge is 0.319 e. The van der Waals surface area contributed by atoms with Crippen molar-refractivity contribution in [3.63, 3.8) is 0 Å². The number of hydrogen-bond acceptors (Lipinski definition) is 6. The van der Waals surface area contributed by atoms with Gasteiger partial charge in [0.05, 0.1) is 23.4 Å². The Morgan fingerprint density at radius 1 is 0.763 bits per heavy atom. The topological polar surface area (TPSA) is 82.1 Å². The normalized spacial score (nSPS) is 25.0. The molecule has 3 aliphatic heterocycles. The van der Waals surface area contributed by atoms with E-state index in [-0.39, 0.29) is 18.6 Å². The van der Waals surface area contributed by atoms with Gasteiger partial charge in [-0.2, -0.15) is 0 Å². The summed E-state index contributed by atoms with van der Waals surface area (Å²) in [7, 11) is 0. The molecule has 4 aliphatic rings. The summed E-state index contributed by atoms with van der Waals surface area (Å²) < 4.78 is 16.9. The van der Waals surface area contributed by atoms with E-state index in [0.29, 0.717) is 22.9 Å². The van der Waals surface area contributed by atoms with E-state index in [0.717, 1.165) is 33.4 Å². The zero-order valence-electron chi connectivity index (χ0n) is 21.2. The van der Waals surface area contributed by atoms with Crippen LogP contribution >= 0.6 is 0 Å². The zero-order chi connectivity index (χ0) is 26.3. The Morgan fingerprint density at radius 2 is 1.50 bits per heavy atom. The molecule has 4 atom stereocenters. The standard InChI is InChI=1S/C31H25NO6/c1-15-5-8-22(17(3)10-15)32-29(33)26-20(18-6-9-23-25(12-18)37-14-36-23)13-21-19-7-4-16(2)11-24(19)38-31(35)27(21)28(26)30(32)34/h4-13,20,26-28H,14H2,1-3H3/t20-,26-,27+,28-/m0/s1. The van der Waals surface area contributed by atoms with E-state index >= 15 is 0 Å². The number of aryl methyl sites for hydroxylation is 3. The van der Waals surface area contributed by atoms with E-state index in [4.69, 9.17) is 14.2 Å². The quantitative estimate of drug-likeness (QED) is 0.280. The predicted octanol–water partition coefficient (Wildman–Crippen LogP) is 4.86. The number of ether oxygens (including phenoxy) is 3. The SMILES string of the molecule is Cc1ccc(N2C(=O)[C@@H]3[C@@H]4C(=O)Oc5cc(C)ccc5C4=C[C@@H](c4ccc5c(c4)OCO5)[C@@H]3C2=O)c(C)c1. The molecule has 0 bridgehead atoms. The molecule has 2 amide bonds. The summed E-state index contributed by atoms with van der Waals surface area (Å²) in [5.74, 6) is -2.45. The Kier molecular flexibility index (Phi) is 4.83. The van der Waals surface area contributed by atoms with Crippen molar-refractivity contribution in [2.24, 2.45) is 17.8 Å². The molecule has 38 heavy (non-hydrogen) atoms. The van der Waals surface area contributed by atoms with Gasteiger partial charge in [-0.3, -0.25) is 14.4 Å². The lowest BCUT2D eigenvalue weighted by Gasteiger charge is -2.38. The van der Waals surface area contributed by atoms with Crippen LogP contribution in [0.25, 0.3) is 5.57 Å². The van der Waals surface area contributed by atoms with Crippen molar-refractivity contribution >= 4 is 29.0 Å². The van der Waals surface area contributed by atoms with Crippen LogP contribution in [0.3, 0.4) is 0 Å². The molecule has 0 aromatic heterocycles. The number of nitrogens with zero attached hydrogens (tertiary/aromatic N) is 1. The van der Waals surface area contributed by atoms with Gasteiger partial charge >= 0.3 is 5.97 Å². The van der Waals surface area contributed by atoms with E-state index in [1.54, 1.807) is 6.07 Å². The van der Waals surface area contributed by atoms with Crippen molar-refractivity contribution in [1.29, 1.82) is 0 Å². The summed E-state index contributed by atoms with van der Waals surface area (Å²) >= 11 is 0. The molecular weight excluding hydrogens is 482 g/mol. The summed E-state index contributed by atoms with van der Waals surface area (Å²) in [5, 5.41) is 0. The number of carbonyl (C=O) groups excluding carboxylic acids is 3. The maximum absolute atomic E-state index is 14.1. The van der Waals surface area contributed by atoms with Gasteiger partial charge in [-0.1, -0.05) is 42.0 Å². The van der Waals surface area contributed by atoms with Crippen LogP contribution in [0.5, 0.6) is 17.2 Å². The minimum atomic E-state index is -0.888. The summed E-state index contributed by atoms with van der Waals surface area (Å²) in [6, 6.07) is 17.0. The van der Waals surface area contributed by atoms with Crippen LogP contribution in [-0.4, -0.2) is 24.6 Å². The maximum atomic E-state index is 14.1. The van der Waals surface area contributed by atoms with Gasteiger partial charge < -0.3 is 14.2 Å². The highest BCUT2D eigenvalue weighted by Gasteiger charge is 2.60. The maximum Gasteiger partial charge on any atom is 0.319 e. The van der Waals surface area contributed by atoms with Gasteiger partial charge in [0.2, 0.25) is 18.6 Å². The first-order valence-electron chi connectivity index (χ1n) is 12.7. The number of imide groups is 1. The van der Waals surface area contributed by atoms with E-state index in [9.17, 15) is 14.4 Å². The number of esters is 1. The molecule has 7 nitrogen and oxygen atoms in total. The number of anilines is 1. The van der Waals surface area contributed by atoms with E-state index in [2.05, 4.69) is 0 Å². The summed E-state index contributed by atoms with van der Waals surface area (Å²) in [6.45, 7) is 5.92. The van der Waals surface area contributed by atoms with Crippen molar-refractivity contribution in [3.8, 4) is 17.2 Å². The second-order valence-electron chi connectivity index (χ2n) is 10.5. The Morgan fingerprint density at radius 3 is 2.32 bits per heavy atom. The molecule has 7 heteroatoms. The third-order valence-electron chi connectivity index (χ3n) is 8.13. The van der Waals surface area contributed by atoms with Crippen molar-refractivity contribution in [1.82, 2.24) is 0 Å². The second kappa shape index (κ2) is 8.05. The number of rotatable bonds is 2. The minimum absolute atomic E-state index is 0.134. The van der Waals surface area contributed by atoms with E-state index < -0.39 is 29.6 Å². The number of carbonyl (C=O) groups is 3. The van der Waals surface area contributed by atoms with Crippen molar-refractivity contribution in [3.05, 3.63) is 88.5 Å². The molecule has 1 saturated heterocycles. The average Bonchev–Trinajstić information content (AvgIpc) is 3.46. The largest absolute Gasteiger partial charge is 0.454 e. The first-order chi connectivity index (χ1) is 18.3. The van der Waals surface area contributed by atoms with Crippen LogP contribution in [0.1, 0.15) is 33.7 Å². The molecule has 0 spiro atoms. The molecule has 3 aromatic rings. The van der Waals surface area contributed by atoms with Crippen molar-refractivity contribution in [2.45, 2.75) is 26.7 Å². The average molecular weight is 508 g/mol. The van der Waals surface area contributed by atoms with Gasteiger partial charge in [0.1, 0.15) is 5.75 Å². The molecule has 190 valence electrons. The lowest BCUT2D eigenvalue weighted by Crippen LogP contribution is -2.42. The van der Waals surface area contributed by atoms with Crippen LogP contribution in [0, 0.1) is 38.5 Å². The fourth-order valence-corrected chi connectivity index (χ4v) is 6.41. The first-order valence-corrected chi connectivity index (χ1v) is 12.7. The molecule has 1 aliphatic carbocycles. The van der Waals surface area contributed by atoms with Crippen LogP contribution in [-0.2, 0) is 14.4 Å². The summed E-state index contributed by atoms with van der Waals surface area (Å²) in [6.07, 6.45) is 1.98. The van der Waals surface area contributed by atoms with Crippen LogP contribution in [0.2, 0.25) is 0 Å². The number of benzene rings is 3. The van der Waals surface area contributed by atoms with Gasteiger partial charge in [0.25, 0.3) is 0 Å². The highest BCUT2D eigenvalue weighted by molar-refractivity contribution is 6.25. The van der Waals surface area contributed by atoms with Crippen LogP contribution < -0.4 is 19.1 Å². The summed E-state index contributed by atoms with van der Waals surface area (Å²) in [5.41, 5.74) is 5.69. The number of allylic oxidation sites excluding steroid dienone is 1. The molecule has 3 heterocycles. The molecule has 3 aromatic carbocycles.